The van der Waals surface area contributed by atoms with E-state index in [9.17, 15) is 4.79 Å². The largest absolute Gasteiger partial charge is 0.465 e. The molecule has 1 aromatic rings. The summed E-state index contributed by atoms with van der Waals surface area (Å²) in [4.78, 5) is 15.9. The molecule has 0 aliphatic rings. The molecule has 0 heterocycles. The van der Waals surface area contributed by atoms with E-state index in [0.717, 1.165) is 50.6 Å². The van der Waals surface area contributed by atoms with Crippen LogP contribution in [0.3, 0.4) is 0 Å². The smallest absolute Gasteiger partial charge is 0.337 e. The molecule has 0 fully saturated rings. The Balaban J connectivity index is 2.41. The molecule has 0 saturated carbocycles. The highest BCUT2D eigenvalue weighted by molar-refractivity contribution is 5.89. The van der Waals surface area contributed by atoms with Gasteiger partial charge in [-0.25, -0.2) is 4.79 Å². The van der Waals surface area contributed by atoms with Crippen LogP contribution in [0.2, 0.25) is 0 Å². The van der Waals surface area contributed by atoms with Gasteiger partial charge in [-0.05, 0) is 37.5 Å². The zero-order chi connectivity index (χ0) is 16.9. The molecular weight excluding hydrogens is 294 g/mol. The van der Waals surface area contributed by atoms with Crippen LogP contribution in [0.1, 0.15) is 29.3 Å². The number of nitrogens with one attached hydrogen (secondary N) is 2. The first-order chi connectivity index (χ1) is 11.2. The molecule has 0 aromatic heterocycles. The van der Waals surface area contributed by atoms with Gasteiger partial charge in [-0.2, -0.15) is 0 Å². The second kappa shape index (κ2) is 11.5. The van der Waals surface area contributed by atoms with Crippen LogP contribution in [0.15, 0.2) is 29.3 Å². The van der Waals surface area contributed by atoms with E-state index in [1.807, 2.05) is 19.1 Å². The monoisotopic (exact) mass is 321 g/mol. The number of carbonyl (C=O) groups excluding carboxylic acids is 1. The Morgan fingerprint density at radius 3 is 2.52 bits per heavy atom. The van der Waals surface area contributed by atoms with E-state index >= 15 is 0 Å². The van der Waals surface area contributed by atoms with Crippen molar-refractivity contribution in [2.75, 3.05) is 40.5 Å². The zero-order valence-corrected chi connectivity index (χ0v) is 14.2. The molecule has 0 saturated heterocycles. The summed E-state index contributed by atoms with van der Waals surface area (Å²) < 4.78 is 9.70. The number of hydrogen-bond donors (Lipinski definition) is 2. The van der Waals surface area contributed by atoms with Crippen LogP contribution in [0.4, 0.5) is 0 Å². The van der Waals surface area contributed by atoms with Crippen LogP contribution in [0.5, 0.6) is 0 Å². The Morgan fingerprint density at radius 2 is 1.91 bits per heavy atom. The van der Waals surface area contributed by atoms with Gasteiger partial charge in [0.05, 0.1) is 12.7 Å². The van der Waals surface area contributed by atoms with Crippen molar-refractivity contribution in [1.29, 1.82) is 0 Å². The van der Waals surface area contributed by atoms with Crippen molar-refractivity contribution in [3.63, 3.8) is 0 Å². The average Bonchev–Trinajstić information content (AvgIpc) is 2.58. The first-order valence-electron chi connectivity index (χ1n) is 7.89. The third-order valence-electron chi connectivity index (χ3n) is 3.20. The summed E-state index contributed by atoms with van der Waals surface area (Å²) in [6.45, 7) is 5.09. The second-order valence-corrected chi connectivity index (χ2v) is 4.97. The predicted molar refractivity (Wildman–Crippen MR) is 92.0 cm³/mol. The fourth-order valence-electron chi connectivity index (χ4n) is 1.99. The third kappa shape index (κ3) is 7.65. The molecule has 0 radical (unpaired) electrons. The zero-order valence-electron chi connectivity index (χ0n) is 14.2. The predicted octanol–water partition coefficient (Wildman–Crippen LogP) is 1.61. The minimum absolute atomic E-state index is 0.313. The molecule has 0 atom stereocenters. The lowest BCUT2D eigenvalue weighted by Gasteiger charge is -2.11. The highest BCUT2D eigenvalue weighted by Crippen LogP contribution is 2.06. The molecule has 1 aromatic carbocycles. The number of nitrogens with zero attached hydrogens (tertiary/aromatic N) is 1. The molecular formula is C17H27N3O3. The van der Waals surface area contributed by atoms with E-state index in [1.54, 1.807) is 19.2 Å². The van der Waals surface area contributed by atoms with Crippen molar-refractivity contribution in [2.45, 2.75) is 19.8 Å². The Bertz CT molecular complexity index is 486. The number of methoxy groups -OCH3 is 2. The van der Waals surface area contributed by atoms with Crippen molar-refractivity contribution in [3.8, 4) is 0 Å². The third-order valence-corrected chi connectivity index (χ3v) is 3.20. The van der Waals surface area contributed by atoms with E-state index in [2.05, 4.69) is 20.4 Å². The maximum absolute atomic E-state index is 11.4. The standard InChI is InChI=1S/C17H27N3O3/c1-4-18-17(19-11-5-13-22-2)20-12-10-14-6-8-15(9-7-14)16(21)23-3/h6-9H,4-5,10-13H2,1-3H3,(H2,18,19,20). The summed E-state index contributed by atoms with van der Waals surface area (Å²) >= 11 is 0. The number of carbonyl (C=O) groups is 1. The number of guanidine groups is 1. The van der Waals surface area contributed by atoms with Crippen molar-refractivity contribution in [1.82, 2.24) is 10.6 Å². The molecule has 23 heavy (non-hydrogen) atoms. The quantitative estimate of drug-likeness (QED) is 0.313. The molecule has 0 aliphatic carbocycles. The topological polar surface area (TPSA) is 72.0 Å². The number of aliphatic imine (C=N–C) groups is 1. The lowest BCUT2D eigenvalue weighted by Crippen LogP contribution is -2.38. The van der Waals surface area contributed by atoms with Gasteiger partial charge < -0.3 is 20.1 Å². The van der Waals surface area contributed by atoms with Crippen molar-refractivity contribution < 1.29 is 14.3 Å². The Labute approximate surface area is 138 Å². The number of ether oxygens (including phenoxy) is 2. The Kier molecular flexibility index (Phi) is 9.47. The molecule has 128 valence electrons. The first kappa shape index (κ1) is 19.0. The number of hydrogen-bond acceptors (Lipinski definition) is 4. The minimum atomic E-state index is -0.313. The summed E-state index contributed by atoms with van der Waals surface area (Å²) in [5.74, 6) is 0.502. The summed E-state index contributed by atoms with van der Waals surface area (Å²) in [5.41, 5.74) is 1.72. The molecule has 1 rings (SSSR count). The molecule has 2 N–H and O–H groups in total. The fraction of sp³-hybridized carbons (Fsp3) is 0.529. The van der Waals surface area contributed by atoms with E-state index in [0.29, 0.717) is 5.56 Å². The lowest BCUT2D eigenvalue weighted by molar-refractivity contribution is 0.0600. The van der Waals surface area contributed by atoms with Gasteiger partial charge in [-0.1, -0.05) is 12.1 Å². The van der Waals surface area contributed by atoms with Gasteiger partial charge in [-0.3, -0.25) is 4.99 Å². The number of benzene rings is 1. The molecule has 0 amide bonds. The van der Waals surface area contributed by atoms with Crippen molar-refractivity contribution in [3.05, 3.63) is 35.4 Å². The fourth-order valence-corrected chi connectivity index (χ4v) is 1.99. The highest BCUT2D eigenvalue weighted by atomic mass is 16.5. The Morgan fingerprint density at radius 1 is 1.17 bits per heavy atom. The highest BCUT2D eigenvalue weighted by Gasteiger charge is 2.04. The summed E-state index contributed by atoms with van der Waals surface area (Å²) in [6.07, 6.45) is 1.76. The normalized spacial score (nSPS) is 11.2. The van der Waals surface area contributed by atoms with E-state index < -0.39 is 0 Å². The van der Waals surface area contributed by atoms with Gasteiger partial charge in [0.25, 0.3) is 0 Å². The Hall–Kier alpha value is -2.08. The van der Waals surface area contributed by atoms with Crippen molar-refractivity contribution in [2.24, 2.45) is 4.99 Å². The van der Waals surface area contributed by atoms with E-state index in [4.69, 9.17) is 4.74 Å². The molecule has 6 heteroatoms. The van der Waals surface area contributed by atoms with Crippen LogP contribution in [-0.4, -0.2) is 52.4 Å². The van der Waals surface area contributed by atoms with E-state index in [-0.39, 0.29) is 5.97 Å². The first-order valence-corrected chi connectivity index (χ1v) is 7.89. The van der Waals surface area contributed by atoms with Crippen LogP contribution >= 0.6 is 0 Å². The summed E-state index contributed by atoms with van der Waals surface area (Å²) in [7, 11) is 3.08. The van der Waals surface area contributed by atoms with Crippen LogP contribution in [0, 0.1) is 0 Å². The van der Waals surface area contributed by atoms with Gasteiger partial charge in [0, 0.05) is 33.4 Å². The van der Waals surface area contributed by atoms with Gasteiger partial charge in [0.1, 0.15) is 0 Å². The molecule has 6 nitrogen and oxygen atoms in total. The van der Waals surface area contributed by atoms with Gasteiger partial charge in [0.2, 0.25) is 0 Å². The second-order valence-electron chi connectivity index (χ2n) is 4.97. The van der Waals surface area contributed by atoms with E-state index in [1.165, 1.54) is 7.11 Å². The molecule has 0 bridgehead atoms. The average molecular weight is 321 g/mol. The van der Waals surface area contributed by atoms with Gasteiger partial charge in [-0.15, -0.1) is 0 Å². The van der Waals surface area contributed by atoms with Crippen LogP contribution in [0.25, 0.3) is 0 Å². The minimum Gasteiger partial charge on any atom is -0.465 e. The maximum atomic E-state index is 11.4. The lowest BCUT2D eigenvalue weighted by atomic mass is 10.1. The summed E-state index contributed by atoms with van der Waals surface area (Å²) in [6, 6.07) is 7.45. The number of esters is 1. The van der Waals surface area contributed by atoms with Crippen LogP contribution in [-0.2, 0) is 15.9 Å². The van der Waals surface area contributed by atoms with Gasteiger partial charge >= 0.3 is 5.97 Å². The molecule has 0 unspecified atom stereocenters. The maximum Gasteiger partial charge on any atom is 0.337 e. The molecule has 0 spiro atoms. The van der Waals surface area contributed by atoms with Crippen LogP contribution < -0.4 is 10.6 Å². The molecule has 0 aliphatic heterocycles. The SMILES string of the molecule is CCNC(=NCCCOC)NCCc1ccc(C(=O)OC)cc1. The van der Waals surface area contributed by atoms with Gasteiger partial charge in [0.15, 0.2) is 5.96 Å². The summed E-state index contributed by atoms with van der Waals surface area (Å²) in [5, 5.41) is 6.52. The van der Waals surface area contributed by atoms with Crippen molar-refractivity contribution >= 4 is 11.9 Å². The number of rotatable bonds is 9.